The number of amides is 1. The van der Waals surface area contributed by atoms with Gasteiger partial charge in [-0.05, 0) is 29.5 Å². The number of methoxy groups -OCH3 is 1. The van der Waals surface area contributed by atoms with E-state index >= 15 is 0 Å². The molecule has 4 rings (SSSR count). The maximum Gasteiger partial charge on any atom is 0.338 e. The molecule has 1 aromatic carbocycles. The number of aliphatic imine (C=N–C) groups is 1. The molecule has 1 saturated heterocycles. The first-order valence-electron chi connectivity index (χ1n) is 10.6. The van der Waals surface area contributed by atoms with Gasteiger partial charge < -0.3 is 19.3 Å². The third-order valence-electron chi connectivity index (χ3n) is 5.75. The number of benzene rings is 1. The van der Waals surface area contributed by atoms with Crippen LogP contribution in [0.1, 0.15) is 31.4 Å². The van der Waals surface area contributed by atoms with Crippen molar-refractivity contribution in [3.05, 3.63) is 62.3 Å². The highest BCUT2D eigenvalue weighted by atomic mass is 32.2. The van der Waals surface area contributed by atoms with E-state index in [1.165, 1.54) is 31.0 Å². The van der Waals surface area contributed by atoms with Crippen molar-refractivity contribution in [1.29, 1.82) is 0 Å². The second-order valence-electron chi connectivity index (χ2n) is 7.62. The summed E-state index contributed by atoms with van der Waals surface area (Å²) in [5.74, 6) is -0.549. The van der Waals surface area contributed by atoms with Crippen molar-refractivity contribution in [2.45, 2.75) is 25.8 Å². The Labute approximate surface area is 195 Å². The van der Waals surface area contributed by atoms with Crippen molar-refractivity contribution in [3.63, 3.8) is 0 Å². The molecular formula is C22H24N4O6S. The molecule has 0 N–H and O–H groups in total. The summed E-state index contributed by atoms with van der Waals surface area (Å²) in [7, 11) is 1.31. The minimum absolute atomic E-state index is 0.0289. The molecular weight excluding hydrogens is 448 g/mol. The Morgan fingerprint density at radius 2 is 1.97 bits per heavy atom. The predicted molar refractivity (Wildman–Crippen MR) is 122 cm³/mol. The molecule has 0 saturated carbocycles. The monoisotopic (exact) mass is 472 g/mol. The molecule has 1 atom stereocenters. The largest absolute Gasteiger partial charge is 0.466 e. The fourth-order valence-electron chi connectivity index (χ4n) is 4.09. The van der Waals surface area contributed by atoms with E-state index in [-0.39, 0.29) is 18.0 Å². The van der Waals surface area contributed by atoms with Gasteiger partial charge in [-0.15, -0.1) is 0 Å². The Kier molecular flexibility index (Phi) is 6.80. The normalized spacial score (nSPS) is 20.2. The fourth-order valence-corrected chi connectivity index (χ4v) is 5.02. The Hall–Kier alpha value is -3.18. The third-order valence-corrected chi connectivity index (χ3v) is 6.63. The number of fused-ring (bicyclic) bond motifs is 1. The summed E-state index contributed by atoms with van der Waals surface area (Å²) in [6.45, 7) is 4.01. The molecule has 0 radical (unpaired) electrons. The first-order chi connectivity index (χ1) is 15.9. The average molecular weight is 473 g/mol. The molecule has 1 unspecified atom stereocenters. The van der Waals surface area contributed by atoms with Crippen LogP contribution in [0.15, 0.2) is 51.6 Å². The Balaban J connectivity index is 1.72. The maximum absolute atomic E-state index is 13.0. The molecule has 1 fully saturated rings. The molecule has 1 amide bonds. The van der Waals surface area contributed by atoms with Gasteiger partial charge in [-0.1, -0.05) is 18.7 Å². The molecule has 3 heterocycles. The zero-order valence-electron chi connectivity index (χ0n) is 18.4. The number of thioether (sulfide) groups is 1. The lowest BCUT2D eigenvalue weighted by Gasteiger charge is -2.37. The standard InChI is InChI=1S/C22H24N4O6S/c1-3-17-19(21(28)31-2)20(14-4-6-15(7-5-14)26(29)30)25-16(13-33-22(25)23-17)12-18(27)24-8-10-32-11-9-24/h4-7,13,20H,3,8-12H2,1-2H3. The smallest absolute Gasteiger partial charge is 0.338 e. The first kappa shape index (κ1) is 23.0. The molecule has 0 bridgehead atoms. The summed E-state index contributed by atoms with van der Waals surface area (Å²) in [6, 6.07) is 5.47. The number of rotatable bonds is 6. The molecule has 11 heteroatoms. The second-order valence-corrected chi connectivity index (χ2v) is 8.45. The molecule has 0 aliphatic carbocycles. The minimum atomic E-state index is -0.612. The number of esters is 1. The van der Waals surface area contributed by atoms with Gasteiger partial charge in [0.15, 0.2) is 5.17 Å². The highest BCUT2D eigenvalue weighted by Crippen LogP contribution is 2.45. The summed E-state index contributed by atoms with van der Waals surface area (Å²) in [6.07, 6.45) is 0.652. The van der Waals surface area contributed by atoms with E-state index in [1.807, 2.05) is 17.2 Å². The summed E-state index contributed by atoms with van der Waals surface area (Å²) < 4.78 is 10.4. The van der Waals surface area contributed by atoms with Crippen molar-refractivity contribution in [2.75, 3.05) is 33.4 Å². The van der Waals surface area contributed by atoms with Crippen LogP contribution in [0.25, 0.3) is 0 Å². The zero-order chi connectivity index (χ0) is 23.5. The number of nitro benzene ring substituents is 1. The van der Waals surface area contributed by atoms with Crippen molar-refractivity contribution in [1.82, 2.24) is 9.80 Å². The highest BCUT2D eigenvalue weighted by molar-refractivity contribution is 8.16. The molecule has 1 aromatic rings. The quantitative estimate of drug-likeness (QED) is 0.353. The number of hydrogen-bond acceptors (Lipinski definition) is 9. The van der Waals surface area contributed by atoms with Crippen LogP contribution in [0.4, 0.5) is 5.69 Å². The van der Waals surface area contributed by atoms with Crippen LogP contribution in [-0.4, -0.2) is 65.2 Å². The van der Waals surface area contributed by atoms with E-state index in [9.17, 15) is 19.7 Å². The SMILES string of the molecule is CCC1=C(C(=O)OC)C(c2ccc([N+](=O)[O-])cc2)N2C(CC(=O)N3CCOCC3)=CSC2=N1. The number of carbonyl (C=O) groups excluding carboxylic acids is 2. The maximum atomic E-state index is 13.0. The van der Waals surface area contributed by atoms with Crippen LogP contribution >= 0.6 is 11.8 Å². The molecule has 0 aromatic heterocycles. The van der Waals surface area contributed by atoms with Gasteiger partial charge in [-0.2, -0.15) is 0 Å². The number of morpholine rings is 1. The van der Waals surface area contributed by atoms with Crippen molar-refractivity contribution >= 4 is 34.5 Å². The molecule has 174 valence electrons. The lowest BCUT2D eigenvalue weighted by molar-refractivity contribution is -0.384. The lowest BCUT2D eigenvalue weighted by atomic mass is 9.92. The van der Waals surface area contributed by atoms with E-state index in [0.717, 1.165) is 5.70 Å². The van der Waals surface area contributed by atoms with Gasteiger partial charge in [-0.3, -0.25) is 14.9 Å². The number of nitrogens with zero attached hydrogens (tertiary/aromatic N) is 4. The van der Waals surface area contributed by atoms with Gasteiger partial charge in [0.05, 0.1) is 49.0 Å². The van der Waals surface area contributed by atoms with Gasteiger partial charge in [0.25, 0.3) is 5.69 Å². The van der Waals surface area contributed by atoms with Crippen molar-refractivity contribution in [3.8, 4) is 0 Å². The summed E-state index contributed by atoms with van der Waals surface area (Å²) in [4.78, 5) is 44.8. The van der Waals surface area contributed by atoms with Crippen LogP contribution in [0.3, 0.4) is 0 Å². The fraction of sp³-hybridized carbons (Fsp3) is 0.409. The number of ether oxygens (including phenoxy) is 2. The van der Waals surface area contributed by atoms with Crippen LogP contribution < -0.4 is 0 Å². The third kappa shape index (κ3) is 4.51. The van der Waals surface area contributed by atoms with E-state index in [1.54, 1.807) is 17.0 Å². The second kappa shape index (κ2) is 9.75. The predicted octanol–water partition coefficient (Wildman–Crippen LogP) is 2.98. The minimum Gasteiger partial charge on any atom is -0.466 e. The van der Waals surface area contributed by atoms with Crippen molar-refractivity contribution < 1.29 is 24.0 Å². The van der Waals surface area contributed by atoms with E-state index in [0.29, 0.717) is 54.7 Å². The van der Waals surface area contributed by atoms with E-state index in [2.05, 4.69) is 4.99 Å². The van der Waals surface area contributed by atoms with Crippen molar-refractivity contribution in [2.24, 2.45) is 4.99 Å². The number of allylic oxidation sites excluding steroid dienone is 1. The van der Waals surface area contributed by atoms with E-state index in [4.69, 9.17) is 9.47 Å². The topological polar surface area (TPSA) is 115 Å². The van der Waals surface area contributed by atoms with Crippen LogP contribution in [0.2, 0.25) is 0 Å². The van der Waals surface area contributed by atoms with Crippen LogP contribution in [0.5, 0.6) is 0 Å². The van der Waals surface area contributed by atoms with Gasteiger partial charge >= 0.3 is 5.97 Å². The molecule has 10 nitrogen and oxygen atoms in total. The summed E-state index contributed by atoms with van der Waals surface area (Å²) in [5, 5.41) is 13.7. The Morgan fingerprint density at radius 1 is 1.27 bits per heavy atom. The number of non-ortho nitro benzene ring substituents is 1. The van der Waals surface area contributed by atoms with Crippen LogP contribution in [-0.2, 0) is 19.1 Å². The summed E-state index contributed by atoms with van der Waals surface area (Å²) >= 11 is 1.39. The molecule has 0 spiro atoms. The zero-order valence-corrected chi connectivity index (χ0v) is 19.2. The molecule has 3 aliphatic rings. The number of amidine groups is 1. The van der Waals surface area contributed by atoms with Gasteiger partial charge in [0, 0.05) is 30.9 Å². The highest BCUT2D eigenvalue weighted by Gasteiger charge is 2.41. The molecule has 3 aliphatic heterocycles. The lowest BCUT2D eigenvalue weighted by Crippen LogP contribution is -2.42. The molecule has 33 heavy (non-hydrogen) atoms. The van der Waals surface area contributed by atoms with Gasteiger partial charge in [0.2, 0.25) is 5.91 Å². The Morgan fingerprint density at radius 3 is 2.58 bits per heavy atom. The Bertz CT molecular complexity index is 1060. The summed E-state index contributed by atoms with van der Waals surface area (Å²) in [5.41, 5.74) is 2.31. The number of carbonyl (C=O) groups is 2. The van der Waals surface area contributed by atoms with Gasteiger partial charge in [0.1, 0.15) is 0 Å². The first-order valence-corrected chi connectivity index (χ1v) is 11.5. The van der Waals surface area contributed by atoms with E-state index < -0.39 is 16.9 Å². The van der Waals surface area contributed by atoms with Gasteiger partial charge in [-0.25, -0.2) is 9.79 Å². The van der Waals surface area contributed by atoms with Crippen LogP contribution in [0, 0.1) is 10.1 Å². The average Bonchev–Trinajstić information content (AvgIpc) is 3.25. The number of hydrogen-bond donors (Lipinski definition) is 0. The number of nitro groups is 1.